The lowest BCUT2D eigenvalue weighted by Gasteiger charge is -2.02. The Morgan fingerprint density at radius 1 is 1.69 bits per heavy atom. The van der Waals surface area contributed by atoms with Gasteiger partial charge in [-0.05, 0) is 35.6 Å². The molecule has 0 aliphatic carbocycles. The van der Waals surface area contributed by atoms with Crippen molar-refractivity contribution >= 4 is 46.3 Å². The second-order valence-corrected chi connectivity index (χ2v) is 3.83. The molecule has 0 N–H and O–H groups in total. The van der Waals surface area contributed by atoms with Crippen LogP contribution in [0.4, 0.5) is 0 Å². The van der Waals surface area contributed by atoms with Crippen molar-refractivity contribution in [3.63, 3.8) is 0 Å². The average Bonchev–Trinajstić information content (AvgIpc) is 2.02. The Balaban J connectivity index is 3.46. The van der Waals surface area contributed by atoms with Crippen LogP contribution in [0.25, 0.3) is 0 Å². The molecule has 0 aromatic carbocycles. The number of carbonyl (C=O) groups is 2. The number of halogens is 2. The predicted molar refractivity (Wildman–Crippen MR) is 57.4 cm³/mol. The van der Waals surface area contributed by atoms with Crippen LogP contribution in [-0.2, 0) is 0 Å². The molecule has 5 heteroatoms. The Labute approximate surface area is 93.6 Å². The SMILES string of the molecule is CC(=O)c1cc(I)nc(Cl)c1C=O. The molecule has 68 valence electrons. The van der Waals surface area contributed by atoms with Crippen LogP contribution in [0, 0.1) is 3.70 Å². The summed E-state index contributed by atoms with van der Waals surface area (Å²) < 4.78 is 0.596. The fourth-order valence-electron chi connectivity index (χ4n) is 0.898. The molecule has 1 aromatic rings. The maximum atomic E-state index is 11.1. The van der Waals surface area contributed by atoms with E-state index in [1.807, 2.05) is 22.6 Å². The van der Waals surface area contributed by atoms with E-state index in [0.717, 1.165) is 0 Å². The van der Waals surface area contributed by atoms with E-state index in [9.17, 15) is 9.59 Å². The second kappa shape index (κ2) is 4.15. The fraction of sp³-hybridized carbons (Fsp3) is 0.125. The number of aromatic nitrogens is 1. The molecule has 1 rings (SSSR count). The highest BCUT2D eigenvalue weighted by Crippen LogP contribution is 2.18. The number of ketones is 1. The summed E-state index contributed by atoms with van der Waals surface area (Å²) in [4.78, 5) is 25.5. The molecule has 0 amide bonds. The molecule has 1 aromatic heterocycles. The van der Waals surface area contributed by atoms with Crippen molar-refractivity contribution < 1.29 is 9.59 Å². The zero-order valence-corrected chi connectivity index (χ0v) is 9.59. The van der Waals surface area contributed by atoms with Crippen molar-refractivity contribution in [3.8, 4) is 0 Å². The number of hydrogen-bond donors (Lipinski definition) is 0. The summed E-state index contributed by atoms with van der Waals surface area (Å²) in [6.07, 6.45) is 0.544. The summed E-state index contributed by atoms with van der Waals surface area (Å²) in [6, 6.07) is 1.54. The van der Waals surface area contributed by atoms with Gasteiger partial charge in [0.1, 0.15) is 8.85 Å². The summed E-state index contributed by atoms with van der Waals surface area (Å²) in [5.74, 6) is -0.190. The van der Waals surface area contributed by atoms with Gasteiger partial charge >= 0.3 is 0 Å². The molecule has 1 heterocycles. The molecule has 3 nitrogen and oxygen atoms in total. The third-order valence-electron chi connectivity index (χ3n) is 1.48. The number of aldehydes is 1. The first-order valence-corrected chi connectivity index (χ1v) is 4.84. The molecule has 0 atom stereocenters. The van der Waals surface area contributed by atoms with Crippen LogP contribution in [0.15, 0.2) is 6.07 Å². The molecule has 0 saturated carbocycles. The molecule has 0 aliphatic rings. The lowest BCUT2D eigenvalue weighted by Crippen LogP contribution is -2.02. The van der Waals surface area contributed by atoms with Gasteiger partial charge in [-0.15, -0.1) is 0 Å². The number of carbonyl (C=O) groups excluding carboxylic acids is 2. The van der Waals surface area contributed by atoms with Crippen LogP contribution in [0.3, 0.4) is 0 Å². The molecular formula is C8H5ClINO2. The zero-order chi connectivity index (χ0) is 10.0. The van der Waals surface area contributed by atoms with Crippen molar-refractivity contribution in [2.45, 2.75) is 6.92 Å². The minimum absolute atomic E-state index is 0.0760. The van der Waals surface area contributed by atoms with E-state index < -0.39 is 0 Å². The smallest absolute Gasteiger partial charge is 0.160 e. The summed E-state index contributed by atoms with van der Waals surface area (Å²) in [7, 11) is 0. The Hall–Kier alpha value is -0.490. The van der Waals surface area contributed by atoms with E-state index >= 15 is 0 Å². The molecular weight excluding hydrogens is 304 g/mol. The van der Waals surface area contributed by atoms with Crippen LogP contribution in [-0.4, -0.2) is 17.1 Å². The molecule has 0 fully saturated rings. The maximum absolute atomic E-state index is 11.1. The first-order valence-electron chi connectivity index (χ1n) is 3.38. The van der Waals surface area contributed by atoms with Crippen LogP contribution >= 0.6 is 34.2 Å². The molecule has 13 heavy (non-hydrogen) atoms. The Bertz CT molecular complexity index is 379. The number of hydrogen-bond acceptors (Lipinski definition) is 3. The van der Waals surface area contributed by atoms with Crippen molar-refractivity contribution in [1.29, 1.82) is 0 Å². The Kier molecular flexibility index (Phi) is 3.38. The highest BCUT2D eigenvalue weighted by Gasteiger charge is 2.12. The summed E-state index contributed by atoms with van der Waals surface area (Å²) >= 11 is 7.61. The van der Waals surface area contributed by atoms with Gasteiger partial charge in [0.2, 0.25) is 0 Å². The average molecular weight is 309 g/mol. The lowest BCUT2D eigenvalue weighted by atomic mass is 10.1. The van der Waals surface area contributed by atoms with E-state index in [2.05, 4.69) is 4.98 Å². The van der Waals surface area contributed by atoms with Crippen molar-refractivity contribution in [2.24, 2.45) is 0 Å². The predicted octanol–water partition coefficient (Wildman–Crippen LogP) is 2.35. The number of Topliss-reactive ketones (excluding diaryl/α,β-unsaturated/α-hetero) is 1. The van der Waals surface area contributed by atoms with Gasteiger partial charge in [0.25, 0.3) is 0 Å². The first kappa shape index (κ1) is 10.6. The monoisotopic (exact) mass is 309 g/mol. The van der Waals surface area contributed by atoms with Crippen LogP contribution in [0.2, 0.25) is 5.15 Å². The highest BCUT2D eigenvalue weighted by atomic mass is 127. The van der Waals surface area contributed by atoms with Crippen molar-refractivity contribution in [3.05, 3.63) is 26.0 Å². The van der Waals surface area contributed by atoms with Gasteiger partial charge in [-0.2, -0.15) is 0 Å². The standard InChI is InChI=1S/C8H5ClINO2/c1-4(13)5-2-7(10)11-8(9)6(5)3-12/h2-3H,1H3. The minimum Gasteiger partial charge on any atom is -0.298 e. The van der Waals surface area contributed by atoms with Gasteiger partial charge in [0.15, 0.2) is 12.1 Å². The minimum atomic E-state index is -0.190. The molecule has 0 spiro atoms. The second-order valence-electron chi connectivity index (χ2n) is 2.37. The maximum Gasteiger partial charge on any atom is 0.160 e. The summed E-state index contributed by atoms with van der Waals surface area (Å²) in [6.45, 7) is 1.38. The van der Waals surface area contributed by atoms with E-state index in [0.29, 0.717) is 15.6 Å². The largest absolute Gasteiger partial charge is 0.298 e. The van der Waals surface area contributed by atoms with Gasteiger partial charge in [-0.1, -0.05) is 11.6 Å². The van der Waals surface area contributed by atoms with Crippen molar-refractivity contribution in [2.75, 3.05) is 0 Å². The Morgan fingerprint density at radius 3 is 2.77 bits per heavy atom. The van der Waals surface area contributed by atoms with E-state index in [1.165, 1.54) is 6.92 Å². The Morgan fingerprint density at radius 2 is 2.31 bits per heavy atom. The topological polar surface area (TPSA) is 47.0 Å². The van der Waals surface area contributed by atoms with Gasteiger partial charge < -0.3 is 0 Å². The molecule has 0 saturated heterocycles. The summed E-state index contributed by atoms with van der Waals surface area (Å²) in [5, 5.41) is 0.0760. The quantitative estimate of drug-likeness (QED) is 0.365. The summed E-state index contributed by atoms with van der Waals surface area (Å²) in [5.41, 5.74) is 0.481. The van der Waals surface area contributed by atoms with Crippen LogP contribution in [0.1, 0.15) is 27.6 Å². The zero-order valence-electron chi connectivity index (χ0n) is 6.67. The number of nitrogens with zero attached hydrogens (tertiary/aromatic N) is 1. The van der Waals surface area contributed by atoms with Gasteiger partial charge in [0.05, 0.1) is 5.56 Å². The number of pyridine rings is 1. The van der Waals surface area contributed by atoms with Gasteiger partial charge in [-0.3, -0.25) is 9.59 Å². The van der Waals surface area contributed by atoms with Crippen LogP contribution in [0.5, 0.6) is 0 Å². The van der Waals surface area contributed by atoms with E-state index in [4.69, 9.17) is 11.6 Å². The molecule has 0 radical (unpaired) electrons. The van der Waals surface area contributed by atoms with Crippen LogP contribution < -0.4 is 0 Å². The highest BCUT2D eigenvalue weighted by molar-refractivity contribution is 14.1. The third-order valence-corrected chi connectivity index (χ3v) is 2.32. The lowest BCUT2D eigenvalue weighted by molar-refractivity contribution is 0.100. The van der Waals surface area contributed by atoms with E-state index in [-0.39, 0.29) is 16.5 Å². The van der Waals surface area contributed by atoms with Crippen molar-refractivity contribution in [1.82, 2.24) is 4.98 Å². The van der Waals surface area contributed by atoms with Gasteiger partial charge in [-0.25, -0.2) is 4.98 Å². The number of rotatable bonds is 2. The third kappa shape index (κ3) is 2.25. The molecule has 0 unspecified atom stereocenters. The van der Waals surface area contributed by atoms with E-state index in [1.54, 1.807) is 6.07 Å². The first-order chi connectivity index (χ1) is 6.06. The molecule has 0 aliphatic heterocycles. The molecule has 0 bridgehead atoms. The normalized spacial score (nSPS) is 9.77. The van der Waals surface area contributed by atoms with Gasteiger partial charge in [0, 0.05) is 5.56 Å². The fourth-order valence-corrected chi connectivity index (χ4v) is 1.83.